The van der Waals surface area contributed by atoms with Crippen molar-refractivity contribution in [3.05, 3.63) is 27.9 Å². The van der Waals surface area contributed by atoms with E-state index in [9.17, 15) is 15.2 Å². The summed E-state index contributed by atoms with van der Waals surface area (Å²) in [6, 6.07) is 1.21. The van der Waals surface area contributed by atoms with Crippen molar-refractivity contribution >= 4 is 17.3 Å². The number of hydrogen-bond acceptors (Lipinski definition) is 7. The van der Waals surface area contributed by atoms with Crippen molar-refractivity contribution in [1.29, 1.82) is 0 Å². The van der Waals surface area contributed by atoms with Gasteiger partial charge in [0.25, 0.3) is 0 Å². The number of piperidine rings is 1. The Hall–Kier alpha value is -2.42. The zero-order valence-corrected chi connectivity index (χ0v) is 11.5. The molecule has 2 rings (SSSR count). The van der Waals surface area contributed by atoms with E-state index < -0.39 is 11.0 Å². The molecule has 9 heteroatoms. The Morgan fingerprint density at radius 3 is 2.95 bits per heavy atom. The zero-order chi connectivity index (χ0) is 15.6. The largest absolute Gasteiger partial charge is 0.409 e. The Morgan fingerprint density at radius 1 is 1.67 bits per heavy atom. The second kappa shape index (κ2) is 5.92. The summed E-state index contributed by atoms with van der Waals surface area (Å²) in [5.74, 6) is 0.0848. The Labute approximate surface area is 120 Å². The minimum atomic E-state index is -0.569. The van der Waals surface area contributed by atoms with Crippen molar-refractivity contribution in [2.24, 2.45) is 16.8 Å². The van der Waals surface area contributed by atoms with Crippen molar-refractivity contribution < 1.29 is 15.2 Å². The molecule has 114 valence electrons. The zero-order valence-electron chi connectivity index (χ0n) is 11.5. The predicted octanol–water partition coefficient (Wildman–Crippen LogP) is 0.291. The summed E-state index contributed by atoms with van der Waals surface area (Å²) in [7, 11) is 0. The van der Waals surface area contributed by atoms with Gasteiger partial charge in [-0.1, -0.05) is 12.1 Å². The molecule has 2 heterocycles. The topological polar surface area (TPSA) is 138 Å². The molecule has 0 aliphatic carbocycles. The standard InChI is InChI=1S/C12H17N5O4/c1-7-2-3-16(6-10(7)18)12-9(17(20)21)4-8(5-14-12)11(13)15-19/h4-5,7,10,18-19H,2-3,6H2,1H3,(H2,13,15). The van der Waals surface area contributed by atoms with Gasteiger partial charge in [0.15, 0.2) is 5.84 Å². The SMILES string of the molecule is CC1CCN(c2ncc(C(N)=NO)cc2[N+](=O)[O-])CC1O. The molecule has 1 aliphatic heterocycles. The predicted molar refractivity (Wildman–Crippen MR) is 75.4 cm³/mol. The normalized spacial score (nSPS) is 23.1. The van der Waals surface area contributed by atoms with Gasteiger partial charge in [-0.2, -0.15) is 0 Å². The molecule has 0 bridgehead atoms. The first kappa shape index (κ1) is 15.0. The highest BCUT2D eigenvalue weighted by Gasteiger charge is 2.29. The maximum absolute atomic E-state index is 11.2. The smallest absolute Gasteiger partial charge is 0.312 e. The molecule has 0 radical (unpaired) electrons. The molecule has 1 fully saturated rings. The van der Waals surface area contributed by atoms with E-state index in [2.05, 4.69) is 10.1 Å². The second-order valence-electron chi connectivity index (χ2n) is 5.09. The van der Waals surface area contributed by atoms with Gasteiger partial charge in [0.2, 0.25) is 5.82 Å². The first-order valence-corrected chi connectivity index (χ1v) is 6.49. The van der Waals surface area contributed by atoms with Gasteiger partial charge < -0.3 is 20.9 Å². The highest BCUT2D eigenvalue weighted by molar-refractivity contribution is 5.97. The number of amidine groups is 1. The average Bonchev–Trinajstić information content (AvgIpc) is 2.48. The van der Waals surface area contributed by atoms with Crippen molar-refractivity contribution in [3.8, 4) is 0 Å². The van der Waals surface area contributed by atoms with Crippen LogP contribution in [0.1, 0.15) is 18.9 Å². The van der Waals surface area contributed by atoms with Crippen molar-refractivity contribution in [1.82, 2.24) is 4.98 Å². The van der Waals surface area contributed by atoms with Crippen LogP contribution < -0.4 is 10.6 Å². The summed E-state index contributed by atoms with van der Waals surface area (Å²) >= 11 is 0. The van der Waals surface area contributed by atoms with E-state index in [4.69, 9.17) is 10.9 Å². The molecule has 1 aromatic rings. The second-order valence-corrected chi connectivity index (χ2v) is 5.09. The van der Waals surface area contributed by atoms with E-state index in [1.807, 2.05) is 6.92 Å². The Kier molecular flexibility index (Phi) is 4.22. The third kappa shape index (κ3) is 3.02. The van der Waals surface area contributed by atoms with Crippen LogP contribution in [0.2, 0.25) is 0 Å². The van der Waals surface area contributed by atoms with Crippen LogP contribution in [0.25, 0.3) is 0 Å². The number of nitrogens with two attached hydrogens (primary N) is 1. The molecule has 2 unspecified atom stereocenters. The maximum atomic E-state index is 11.2. The number of pyridine rings is 1. The molecule has 4 N–H and O–H groups in total. The number of aliphatic hydroxyl groups is 1. The van der Waals surface area contributed by atoms with Crippen LogP contribution in [0.5, 0.6) is 0 Å². The number of nitro groups is 1. The lowest BCUT2D eigenvalue weighted by Gasteiger charge is -2.34. The maximum Gasteiger partial charge on any atom is 0.312 e. The van der Waals surface area contributed by atoms with Crippen LogP contribution >= 0.6 is 0 Å². The number of aromatic nitrogens is 1. The van der Waals surface area contributed by atoms with Crippen molar-refractivity contribution in [2.75, 3.05) is 18.0 Å². The van der Waals surface area contributed by atoms with Gasteiger partial charge in [0.1, 0.15) is 0 Å². The number of oxime groups is 1. The molecular weight excluding hydrogens is 278 g/mol. The first-order valence-electron chi connectivity index (χ1n) is 6.49. The van der Waals surface area contributed by atoms with Gasteiger partial charge in [-0.05, 0) is 12.3 Å². The minimum absolute atomic E-state index is 0.150. The van der Waals surface area contributed by atoms with Gasteiger partial charge in [0, 0.05) is 30.9 Å². The number of hydrogen-bond donors (Lipinski definition) is 3. The molecule has 1 aliphatic rings. The van der Waals surface area contributed by atoms with Gasteiger partial charge >= 0.3 is 5.69 Å². The summed E-state index contributed by atoms with van der Waals surface area (Å²) in [6.45, 7) is 2.80. The fourth-order valence-electron chi connectivity index (χ4n) is 2.26. The summed E-state index contributed by atoms with van der Waals surface area (Å²) < 4.78 is 0. The van der Waals surface area contributed by atoms with E-state index in [-0.39, 0.29) is 35.4 Å². The van der Waals surface area contributed by atoms with Gasteiger partial charge in [-0.15, -0.1) is 0 Å². The minimum Gasteiger partial charge on any atom is -0.409 e. The van der Waals surface area contributed by atoms with Crippen molar-refractivity contribution in [3.63, 3.8) is 0 Å². The van der Waals surface area contributed by atoms with Gasteiger partial charge in [-0.25, -0.2) is 4.98 Å². The molecule has 21 heavy (non-hydrogen) atoms. The highest BCUT2D eigenvalue weighted by atomic mass is 16.6. The van der Waals surface area contributed by atoms with E-state index >= 15 is 0 Å². The first-order chi connectivity index (χ1) is 9.93. The molecule has 1 saturated heterocycles. The number of β-amino-alcohol motifs (C(OH)–C–C–N with tert-alkyl or cyclic N) is 1. The quantitative estimate of drug-likeness (QED) is 0.239. The van der Waals surface area contributed by atoms with Crippen LogP contribution in [0, 0.1) is 16.0 Å². The molecule has 0 spiro atoms. The third-order valence-electron chi connectivity index (χ3n) is 3.67. The fourth-order valence-corrected chi connectivity index (χ4v) is 2.26. The molecular formula is C12H17N5O4. The number of nitrogens with zero attached hydrogens (tertiary/aromatic N) is 4. The van der Waals surface area contributed by atoms with Crippen LogP contribution in [0.4, 0.5) is 11.5 Å². The van der Waals surface area contributed by atoms with Crippen LogP contribution in [0.15, 0.2) is 17.4 Å². The average molecular weight is 295 g/mol. The molecule has 0 amide bonds. The number of anilines is 1. The Balaban J connectivity index is 2.37. The van der Waals surface area contributed by atoms with Crippen molar-refractivity contribution in [2.45, 2.75) is 19.4 Å². The van der Waals surface area contributed by atoms with Crippen LogP contribution in [-0.4, -0.2) is 45.3 Å². The molecule has 1 aromatic heterocycles. The number of aliphatic hydroxyl groups excluding tert-OH is 1. The Bertz CT molecular complexity index is 577. The summed E-state index contributed by atoms with van der Waals surface area (Å²) in [4.78, 5) is 16.4. The van der Waals surface area contributed by atoms with E-state index in [0.29, 0.717) is 6.54 Å². The molecule has 9 nitrogen and oxygen atoms in total. The fraction of sp³-hybridized carbons (Fsp3) is 0.500. The van der Waals surface area contributed by atoms with E-state index in [1.165, 1.54) is 12.3 Å². The monoisotopic (exact) mass is 295 g/mol. The number of rotatable bonds is 3. The van der Waals surface area contributed by atoms with E-state index in [1.54, 1.807) is 4.90 Å². The summed E-state index contributed by atoms with van der Waals surface area (Å²) in [5, 5.41) is 32.5. The van der Waals surface area contributed by atoms with E-state index in [0.717, 1.165) is 6.42 Å². The lowest BCUT2D eigenvalue weighted by Crippen LogP contribution is -2.43. The summed E-state index contributed by atoms with van der Waals surface area (Å²) in [5.41, 5.74) is 5.35. The Morgan fingerprint density at radius 2 is 2.38 bits per heavy atom. The highest BCUT2D eigenvalue weighted by Crippen LogP contribution is 2.30. The van der Waals surface area contributed by atoms with Gasteiger partial charge in [0.05, 0.1) is 11.0 Å². The van der Waals surface area contributed by atoms with Crippen LogP contribution in [-0.2, 0) is 0 Å². The molecule has 0 aromatic carbocycles. The third-order valence-corrected chi connectivity index (χ3v) is 3.67. The molecule has 2 atom stereocenters. The summed E-state index contributed by atoms with van der Waals surface area (Å²) in [6.07, 6.45) is 1.48. The van der Waals surface area contributed by atoms with Crippen LogP contribution in [0.3, 0.4) is 0 Å². The lowest BCUT2D eigenvalue weighted by atomic mass is 9.96. The lowest BCUT2D eigenvalue weighted by molar-refractivity contribution is -0.384. The molecule has 0 saturated carbocycles. The van der Waals surface area contributed by atoms with Gasteiger partial charge in [-0.3, -0.25) is 10.1 Å².